The number of rotatable bonds is 5. The predicted molar refractivity (Wildman–Crippen MR) is 84.3 cm³/mol. The van der Waals surface area contributed by atoms with Crippen LogP contribution in [0.15, 0.2) is 6.07 Å². The van der Waals surface area contributed by atoms with E-state index in [1.165, 1.54) is 0 Å². The van der Waals surface area contributed by atoms with Crippen LogP contribution in [0, 0.1) is 0 Å². The van der Waals surface area contributed by atoms with Crippen LogP contribution in [0.1, 0.15) is 48.9 Å². The van der Waals surface area contributed by atoms with Crippen molar-refractivity contribution in [2.45, 2.75) is 45.1 Å². The molecule has 0 spiro atoms. The Hall–Kier alpha value is -1.40. The maximum Gasteiger partial charge on any atom is 0.354 e. The number of hydrogen-bond donors (Lipinski definition) is 2. The Morgan fingerprint density at radius 2 is 2.10 bits per heavy atom. The van der Waals surface area contributed by atoms with Gasteiger partial charge in [-0.25, -0.2) is 14.8 Å². The number of halogens is 1. The fourth-order valence-electron chi connectivity index (χ4n) is 2.33. The maximum atomic E-state index is 11.2. The van der Waals surface area contributed by atoms with Crippen LogP contribution in [-0.2, 0) is 6.42 Å². The lowest BCUT2D eigenvalue weighted by atomic mass is 10.1. The molecule has 21 heavy (non-hydrogen) atoms. The van der Waals surface area contributed by atoms with Crippen LogP contribution in [0.2, 0.25) is 0 Å². The number of unbranched alkanes of at least 4 members (excludes halogenated alkanes) is 1. The molecule has 3 N–H and O–H groups in total. The van der Waals surface area contributed by atoms with Crippen molar-refractivity contribution in [1.82, 2.24) is 9.97 Å². The summed E-state index contributed by atoms with van der Waals surface area (Å²) in [6, 6.07) is 1.81. The van der Waals surface area contributed by atoms with E-state index < -0.39 is 5.97 Å². The van der Waals surface area contributed by atoms with Gasteiger partial charge in [0.1, 0.15) is 11.6 Å². The molecule has 0 bridgehead atoms. The molecule has 1 aromatic rings. The zero-order valence-electron chi connectivity index (χ0n) is 12.3. The molecule has 0 amide bonds. The van der Waals surface area contributed by atoms with Gasteiger partial charge in [-0.2, -0.15) is 0 Å². The number of carbonyl (C=O) groups is 1. The second-order valence-corrected chi connectivity index (χ2v) is 5.26. The standard InChI is InChI=1S/C14H22N4O2.ClH/c1-2-3-4-12-16-11(14(19)20)9-13(17-12)18-7-5-10(15)6-8-18;/h9-10H,2-8,15H2,1H3,(H,19,20);1H. The van der Waals surface area contributed by atoms with Gasteiger partial charge in [0.25, 0.3) is 0 Å². The van der Waals surface area contributed by atoms with E-state index in [-0.39, 0.29) is 24.1 Å². The Bertz CT molecular complexity index is 476. The summed E-state index contributed by atoms with van der Waals surface area (Å²) in [7, 11) is 0. The van der Waals surface area contributed by atoms with E-state index in [4.69, 9.17) is 5.73 Å². The number of nitrogens with zero attached hydrogens (tertiary/aromatic N) is 3. The topological polar surface area (TPSA) is 92.3 Å². The quantitative estimate of drug-likeness (QED) is 0.862. The van der Waals surface area contributed by atoms with Crippen molar-refractivity contribution < 1.29 is 9.90 Å². The highest BCUT2D eigenvalue weighted by atomic mass is 35.5. The van der Waals surface area contributed by atoms with Gasteiger partial charge >= 0.3 is 5.97 Å². The number of nitrogens with two attached hydrogens (primary N) is 1. The van der Waals surface area contributed by atoms with Gasteiger partial charge in [-0.05, 0) is 19.3 Å². The second-order valence-electron chi connectivity index (χ2n) is 5.26. The number of aromatic nitrogens is 2. The van der Waals surface area contributed by atoms with Crippen molar-refractivity contribution in [3.63, 3.8) is 0 Å². The molecular formula is C14H23ClN4O2. The van der Waals surface area contributed by atoms with Crippen molar-refractivity contribution in [2.75, 3.05) is 18.0 Å². The minimum atomic E-state index is -1.000. The third-order valence-corrected chi connectivity index (χ3v) is 3.60. The number of anilines is 1. The molecular weight excluding hydrogens is 292 g/mol. The van der Waals surface area contributed by atoms with Crippen molar-refractivity contribution >= 4 is 24.2 Å². The molecule has 2 rings (SSSR count). The normalized spacial score (nSPS) is 15.6. The van der Waals surface area contributed by atoms with Crippen LogP contribution in [0.3, 0.4) is 0 Å². The Kier molecular flexibility index (Phi) is 6.84. The fraction of sp³-hybridized carbons (Fsp3) is 0.643. The van der Waals surface area contributed by atoms with Gasteiger partial charge < -0.3 is 15.7 Å². The molecule has 0 unspecified atom stereocenters. The van der Waals surface area contributed by atoms with E-state index in [0.29, 0.717) is 5.82 Å². The van der Waals surface area contributed by atoms with Crippen LogP contribution < -0.4 is 10.6 Å². The number of aryl methyl sites for hydroxylation is 1. The van der Waals surface area contributed by atoms with Gasteiger partial charge in [0.15, 0.2) is 5.69 Å². The zero-order chi connectivity index (χ0) is 14.5. The Morgan fingerprint density at radius 1 is 1.43 bits per heavy atom. The summed E-state index contributed by atoms with van der Waals surface area (Å²) in [6.07, 6.45) is 4.55. The summed E-state index contributed by atoms with van der Waals surface area (Å²) < 4.78 is 0. The molecule has 1 aliphatic heterocycles. The van der Waals surface area contributed by atoms with E-state index in [1.54, 1.807) is 6.07 Å². The largest absolute Gasteiger partial charge is 0.477 e. The molecule has 0 aliphatic carbocycles. The molecule has 0 radical (unpaired) electrons. The summed E-state index contributed by atoms with van der Waals surface area (Å²) in [5.41, 5.74) is 5.97. The summed E-state index contributed by atoms with van der Waals surface area (Å²) in [4.78, 5) is 21.9. The molecule has 0 aromatic carbocycles. The van der Waals surface area contributed by atoms with Crippen molar-refractivity contribution in [3.05, 3.63) is 17.6 Å². The first-order valence-electron chi connectivity index (χ1n) is 7.22. The predicted octanol–water partition coefficient (Wildman–Crippen LogP) is 1.87. The van der Waals surface area contributed by atoms with Crippen LogP contribution in [0.25, 0.3) is 0 Å². The monoisotopic (exact) mass is 314 g/mol. The fourth-order valence-corrected chi connectivity index (χ4v) is 2.33. The van der Waals surface area contributed by atoms with E-state index in [0.717, 1.165) is 51.0 Å². The van der Waals surface area contributed by atoms with Crippen molar-refractivity contribution in [1.29, 1.82) is 0 Å². The number of carboxylic acid groups (broad SMARTS) is 1. The molecule has 0 saturated carbocycles. The van der Waals surface area contributed by atoms with Crippen molar-refractivity contribution in [2.24, 2.45) is 5.73 Å². The molecule has 1 aromatic heterocycles. The number of carboxylic acids is 1. The lowest BCUT2D eigenvalue weighted by molar-refractivity contribution is 0.0690. The lowest BCUT2D eigenvalue weighted by Gasteiger charge is -2.31. The van der Waals surface area contributed by atoms with Gasteiger partial charge in [-0.15, -0.1) is 12.4 Å². The number of aromatic carboxylic acids is 1. The average molecular weight is 315 g/mol. The van der Waals surface area contributed by atoms with E-state index in [9.17, 15) is 9.90 Å². The van der Waals surface area contributed by atoms with E-state index >= 15 is 0 Å². The number of piperidine rings is 1. The van der Waals surface area contributed by atoms with Gasteiger partial charge in [0.2, 0.25) is 0 Å². The van der Waals surface area contributed by atoms with Crippen molar-refractivity contribution in [3.8, 4) is 0 Å². The minimum Gasteiger partial charge on any atom is -0.477 e. The van der Waals surface area contributed by atoms with Gasteiger partial charge in [-0.1, -0.05) is 13.3 Å². The SMILES string of the molecule is CCCCc1nc(C(=O)O)cc(N2CCC(N)CC2)n1.Cl. The van der Waals surface area contributed by atoms with Crippen LogP contribution in [0.5, 0.6) is 0 Å². The lowest BCUT2D eigenvalue weighted by Crippen LogP contribution is -2.40. The Labute approximate surface area is 131 Å². The van der Waals surface area contributed by atoms with Gasteiger partial charge in [-0.3, -0.25) is 0 Å². The summed E-state index contributed by atoms with van der Waals surface area (Å²) in [5.74, 6) is 0.340. The van der Waals surface area contributed by atoms with Gasteiger partial charge in [0, 0.05) is 31.6 Å². The molecule has 1 fully saturated rings. The minimum absolute atomic E-state index is 0. The molecule has 118 valence electrons. The third kappa shape index (κ3) is 4.82. The maximum absolute atomic E-state index is 11.2. The van der Waals surface area contributed by atoms with Gasteiger partial charge in [0.05, 0.1) is 0 Å². The summed E-state index contributed by atoms with van der Waals surface area (Å²) in [6.45, 7) is 3.74. The first-order valence-corrected chi connectivity index (χ1v) is 7.22. The highest BCUT2D eigenvalue weighted by Gasteiger charge is 2.19. The first kappa shape index (κ1) is 17.7. The highest BCUT2D eigenvalue weighted by Crippen LogP contribution is 2.19. The summed E-state index contributed by atoms with van der Waals surface area (Å²) >= 11 is 0. The van der Waals surface area contributed by atoms with Crippen LogP contribution in [0.4, 0.5) is 5.82 Å². The third-order valence-electron chi connectivity index (χ3n) is 3.60. The molecule has 1 aliphatic rings. The Balaban J connectivity index is 0.00000220. The Morgan fingerprint density at radius 3 is 2.67 bits per heavy atom. The number of hydrogen-bond acceptors (Lipinski definition) is 5. The second kappa shape index (κ2) is 8.14. The zero-order valence-corrected chi connectivity index (χ0v) is 13.1. The molecule has 2 heterocycles. The molecule has 0 atom stereocenters. The molecule has 1 saturated heterocycles. The molecule has 7 heteroatoms. The summed E-state index contributed by atoms with van der Waals surface area (Å²) in [5, 5.41) is 9.17. The molecule has 6 nitrogen and oxygen atoms in total. The van der Waals surface area contributed by atoms with E-state index in [1.807, 2.05) is 0 Å². The van der Waals surface area contributed by atoms with Crippen LogP contribution in [-0.4, -0.2) is 40.2 Å². The smallest absolute Gasteiger partial charge is 0.354 e. The first-order chi connectivity index (χ1) is 9.60. The average Bonchev–Trinajstić information content (AvgIpc) is 2.45. The highest BCUT2D eigenvalue weighted by molar-refractivity contribution is 5.86. The van der Waals surface area contributed by atoms with E-state index in [2.05, 4.69) is 21.8 Å². The van der Waals surface area contributed by atoms with Crippen LogP contribution >= 0.6 is 12.4 Å².